The van der Waals surface area contributed by atoms with Crippen LogP contribution in [0.5, 0.6) is 0 Å². The second-order valence-corrected chi connectivity index (χ2v) is 15.1. The van der Waals surface area contributed by atoms with Crippen LogP contribution in [0.15, 0.2) is 224 Å². The van der Waals surface area contributed by atoms with Gasteiger partial charge in [0.1, 0.15) is 0 Å². The van der Waals surface area contributed by atoms with E-state index in [-0.39, 0.29) is 0 Å². The summed E-state index contributed by atoms with van der Waals surface area (Å²) in [6.45, 7) is 0. The number of hydrogen-bond donors (Lipinski definition) is 0. The maximum Gasteiger partial charge on any atom is 0.0546 e. The van der Waals surface area contributed by atoms with Gasteiger partial charge in [-0.05, 0) is 86.5 Å². The van der Waals surface area contributed by atoms with Crippen LogP contribution in [0.25, 0.3) is 75.8 Å². The maximum absolute atomic E-state index is 2.45. The highest BCUT2D eigenvalue weighted by Crippen LogP contribution is 2.49. The number of rotatable bonds is 8. The van der Waals surface area contributed by atoms with Gasteiger partial charge in [0, 0.05) is 37.1 Å². The Labute approximate surface area is 332 Å². The van der Waals surface area contributed by atoms with Crippen molar-refractivity contribution >= 4 is 48.6 Å². The van der Waals surface area contributed by atoms with Gasteiger partial charge in [0.15, 0.2) is 0 Å². The molecule has 0 aliphatic rings. The Morgan fingerprint density at radius 1 is 0.304 bits per heavy atom. The standard InChI is InChI=1S/C54H37NS/c1-4-17-38(18-5-1)39-33-35-43(36-34-39)55(44-24-14-23-42(37-44)47-29-15-30-50-48-26-12-13-32-52(48)56-54(47)50)51-31-16-28-46(41-21-8-3-9-22-41)53(51)49-27-11-10-25-45(49)40-19-6-2-7-20-40/h1-37H. The zero-order valence-corrected chi connectivity index (χ0v) is 31.5. The fourth-order valence-corrected chi connectivity index (χ4v) is 9.32. The molecule has 56 heavy (non-hydrogen) atoms. The Morgan fingerprint density at radius 3 is 1.57 bits per heavy atom. The zero-order valence-electron chi connectivity index (χ0n) is 30.7. The first-order valence-corrected chi connectivity index (χ1v) is 19.9. The van der Waals surface area contributed by atoms with Gasteiger partial charge < -0.3 is 4.90 Å². The Balaban J connectivity index is 1.23. The SMILES string of the molecule is c1ccc(-c2ccc(N(c3cccc(-c4cccc5c4sc4ccccc45)c3)c3cccc(-c4ccccc4)c3-c3ccccc3-c3ccccc3)cc2)cc1. The van der Waals surface area contributed by atoms with Crippen molar-refractivity contribution in [3.63, 3.8) is 0 Å². The molecule has 1 heterocycles. The number of hydrogen-bond acceptors (Lipinski definition) is 2. The Hall–Kier alpha value is -7.00. The summed E-state index contributed by atoms with van der Waals surface area (Å²) in [5.74, 6) is 0. The lowest BCUT2D eigenvalue weighted by molar-refractivity contribution is 1.28. The zero-order chi connectivity index (χ0) is 37.3. The molecule has 0 atom stereocenters. The van der Waals surface area contributed by atoms with E-state index in [1.807, 2.05) is 11.3 Å². The number of thiophene rings is 1. The number of fused-ring (bicyclic) bond motifs is 3. The summed E-state index contributed by atoms with van der Waals surface area (Å²) in [6.07, 6.45) is 0. The minimum absolute atomic E-state index is 1.09. The van der Waals surface area contributed by atoms with Gasteiger partial charge in [0.25, 0.3) is 0 Å². The van der Waals surface area contributed by atoms with Crippen molar-refractivity contribution in [3.05, 3.63) is 224 Å². The van der Waals surface area contributed by atoms with E-state index >= 15 is 0 Å². The summed E-state index contributed by atoms with van der Waals surface area (Å²) >= 11 is 1.87. The second kappa shape index (κ2) is 14.7. The van der Waals surface area contributed by atoms with E-state index < -0.39 is 0 Å². The van der Waals surface area contributed by atoms with Crippen LogP contribution >= 0.6 is 11.3 Å². The summed E-state index contributed by atoms with van der Waals surface area (Å²) in [5, 5.41) is 2.61. The number of benzene rings is 9. The molecule has 0 saturated carbocycles. The molecule has 0 fully saturated rings. The Kier molecular flexibility index (Phi) is 8.79. The molecular weight excluding hydrogens is 695 g/mol. The van der Waals surface area contributed by atoms with Gasteiger partial charge in [-0.1, -0.05) is 188 Å². The quantitative estimate of drug-likeness (QED) is 0.150. The van der Waals surface area contributed by atoms with Gasteiger partial charge >= 0.3 is 0 Å². The highest BCUT2D eigenvalue weighted by atomic mass is 32.1. The second-order valence-electron chi connectivity index (χ2n) is 14.1. The predicted octanol–water partition coefficient (Wildman–Crippen LogP) is 15.9. The van der Waals surface area contributed by atoms with Crippen molar-refractivity contribution in [3.8, 4) is 55.6 Å². The molecule has 2 heteroatoms. The monoisotopic (exact) mass is 731 g/mol. The summed E-state index contributed by atoms with van der Waals surface area (Å²) < 4.78 is 2.62. The van der Waals surface area contributed by atoms with Crippen LogP contribution in [0.3, 0.4) is 0 Å². The van der Waals surface area contributed by atoms with Crippen LogP contribution in [0.4, 0.5) is 17.1 Å². The maximum atomic E-state index is 2.45. The summed E-state index contributed by atoms with van der Waals surface area (Å²) in [6, 6.07) is 81.4. The first-order chi connectivity index (χ1) is 27.8. The van der Waals surface area contributed by atoms with Crippen LogP contribution in [-0.4, -0.2) is 0 Å². The minimum Gasteiger partial charge on any atom is -0.310 e. The molecule has 1 aromatic heterocycles. The molecule has 0 amide bonds. The molecule has 9 aromatic carbocycles. The van der Waals surface area contributed by atoms with Crippen LogP contribution in [-0.2, 0) is 0 Å². The molecule has 264 valence electrons. The van der Waals surface area contributed by atoms with Crippen LogP contribution in [0, 0.1) is 0 Å². The van der Waals surface area contributed by atoms with Gasteiger partial charge in [0.2, 0.25) is 0 Å². The lowest BCUT2D eigenvalue weighted by Crippen LogP contribution is -2.12. The van der Waals surface area contributed by atoms with Gasteiger partial charge in [-0.3, -0.25) is 0 Å². The Bertz CT molecular complexity index is 2950. The van der Waals surface area contributed by atoms with E-state index in [2.05, 4.69) is 229 Å². The molecule has 10 rings (SSSR count). The van der Waals surface area contributed by atoms with Crippen molar-refractivity contribution in [1.29, 1.82) is 0 Å². The smallest absolute Gasteiger partial charge is 0.0546 e. The van der Waals surface area contributed by atoms with Crippen LogP contribution < -0.4 is 4.90 Å². The summed E-state index contributed by atoms with van der Waals surface area (Å²) in [5.41, 5.74) is 15.2. The third-order valence-electron chi connectivity index (χ3n) is 10.7. The van der Waals surface area contributed by atoms with Gasteiger partial charge in [-0.25, -0.2) is 0 Å². The van der Waals surface area contributed by atoms with E-state index in [1.54, 1.807) is 0 Å². The van der Waals surface area contributed by atoms with Crippen molar-refractivity contribution in [1.82, 2.24) is 0 Å². The topological polar surface area (TPSA) is 3.24 Å². The molecule has 0 radical (unpaired) electrons. The van der Waals surface area contributed by atoms with Crippen molar-refractivity contribution in [2.45, 2.75) is 0 Å². The van der Waals surface area contributed by atoms with Crippen LogP contribution in [0.2, 0.25) is 0 Å². The normalized spacial score (nSPS) is 11.2. The van der Waals surface area contributed by atoms with E-state index in [0.717, 1.165) is 17.1 Å². The van der Waals surface area contributed by atoms with Gasteiger partial charge in [-0.15, -0.1) is 11.3 Å². The van der Waals surface area contributed by atoms with Crippen LogP contribution in [0.1, 0.15) is 0 Å². The van der Waals surface area contributed by atoms with Crippen molar-refractivity contribution in [2.75, 3.05) is 4.90 Å². The Morgan fingerprint density at radius 2 is 0.821 bits per heavy atom. The van der Waals surface area contributed by atoms with Crippen molar-refractivity contribution < 1.29 is 0 Å². The summed E-state index contributed by atoms with van der Waals surface area (Å²) in [4.78, 5) is 2.45. The number of anilines is 3. The molecule has 0 saturated heterocycles. The first kappa shape index (κ1) is 33.6. The van der Waals surface area contributed by atoms with E-state index in [9.17, 15) is 0 Å². The molecule has 0 unspecified atom stereocenters. The third-order valence-corrected chi connectivity index (χ3v) is 11.9. The van der Waals surface area contributed by atoms with E-state index in [0.29, 0.717) is 0 Å². The average molecular weight is 732 g/mol. The molecule has 0 aliphatic heterocycles. The molecule has 0 bridgehead atoms. The molecule has 0 N–H and O–H groups in total. The predicted molar refractivity (Wildman–Crippen MR) is 241 cm³/mol. The van der Waals surface area contributed by atoms with Gasteiger partial charge in [-0.2, -0.15) is 0 Å². The van der Waals surface area contributed by atoms with E-state index in [4.69, 9.17) is 0 Å². The molecule has 0 spiro atoms. The highest BCUT2D eigenvalue weighted by molar-refractivity contribution is 7.26. The summed E-state index contributed by atoms with van der Waals surface area (Å²) in [7, 11) is 0. The van der Waals surface area contributed by atoms with Gasteiger partial charge in [0.05, 0.1) is 5.69 Å². The largest absolute Gasteiger partial charge is 0.310 e. The fourth-order valence-electron chi connectivity index (χ4n) is 8.09. The third kappa shape index (κ3) is 6.17. The lowest BCUT2D eigenvalue weighted by Gasteiger charge is -2.30. The average Bonchev–Trinajstić information content (AvgIpc) is 3.67. The van der Waals surface area contributed by atoms with E-state index in [1.165, 1.54) is 75.8 Å². The molecule has 1 nitrogen and oxygen atoms in total. The fraction of sp³-hybridized carbons (Fsp3) is 0. The molecule has 0 aliphatic carbocycles. The molecule has 10 aromatic rings. The van der Waals surface area contributed by atoms with Crippen molar-refractivity contribution in [2.24, 2.45) is 0 Å². The lowest BCUT2D eigenvalue weighted by atomic mass is 9.87. The highest BCUT2D eigenvalue weighted by Gasteiger charge is 2.23. The first-order valence-electron chi connectivity index (χ1n) is 19.1. The molecular formula is C54H37NS. The number of nitrogens with zero attached hydrogens (tertiary/aromatic N) is 1. The minimum atomic E-state index is 1.09.